The first-order chi connectivity index (χ1) is 11.0. The number of nitrogens with zero attached hydrogens (tertiary/aromatic N) is 3. The van der Waals surface area contributed by atoms with Crippen LogP contribution in [-0.2, 0) is 6.54 Å². The van der Waals surface area contributed by atoms with Crippen LogP contribution in [0.3, 0.4) is 0 Å². The molecule has 1 aromatic carbocycles. The number of aliphatic hydroxyl groups excluding tert-OH is 1. The van der Waals surface area contributed by atoms with Gasteiger partial charge >= 0.3 is 0 Å². The van der Waals surface area contributed by atoms with E-state index < -0.39 is 6.10 Å². The maximum Gasteiger partial charge on any atom is 0.121 e. The molecule has 0 fully saturated rings. The van der Waals surface area contributed by atoms with Crippen molar-refractivity contribution in [3.05, 3.63) is 57.8 Å². The monoisotopic (exact) mass is 328 g/mol. The lowest BCUT2D eigenvalue weighted by atomic mass is 10.1. The molecule has 0 aliphatic rings. The van der Waals surface area contributed by atoms with Crippen molar-refractivity contribution in [2.75, 3.05) is 5.32 Å². The average molecular weight is 328 g/mol. The van der Waals surface area contributed by atoms with Crippen molar-refractivity contribution in [1.29, 1.82) is 0 Å². The predicted molar refractivity (Wildman–Crippen MR) is 93.1 cm³/mol. The Bertz CT molecular complexity index is 807. The number of aliphatic hydroxyl groups is 1. The summed E-state index contributed by atoms with van der Waals surface area (Å²) in [5.74, 6) is 0. The fourth-order valence-corrected chi connectivity index (χ4v) is 3.19. The molecule has 0 aliphatic heterocycles. The second-order valence-electron chi connectivity index (χ2n) is 5.66. The molecule has 0 amide bonds. The highest BCUT2D eigenvalue weighted by Gasteiger charge is 2.08. The molecular weight excluding hydrogens is 308 g/mol. The Kier molecular flexibility index (Phi) is 4.45. The van der Waals surface area contributed by atoms with Crippen molar-refractivity contribution in [1.82, 2.24) is 14.8 Å². The molecule has 2 N–H and O–H groups in total. The van der Waals surface area contributed by atoms with E-state index in [0.29, 0.717) is 6.54 Å². The molecule has 0 aliphatic carbocycles. The minimum atomic E-state index is -0.513. The van der Waals surface area contributed by atoms with Crippen LogP contribution in [-0.4, -0.2) is 19.9 Å². The first kappa shape index (κ1) is 15.7. The molecule has 0 saturated carbocycles. The van der Waals surface area contributed by atoms with Crippen LogP contribution in [0.15, 0.2) is 36.8 Å². The number of rotatable bonds is 5. The van der Waals surface area contributed by atoms with Crippen molar-refractivity contribution < 1.29 is 5.11 Å². The van der Waals surface area contributed by atoms with Gasteiger partial charge in [0.1, 0.15) is 11.1 Å². The quantitative estimate of drug-likeness (QED) is 0.751. The predicted octanol–water partition coefficient (Wildman–Crippen LogP) is 3.61. The maximum absolute atomic E-state index is 9.51. The average Bonchev–Trinajstić information content (AvgIpc) is 3.14. The SMILES string of the molecule is Cc1ccc(-n2cc(NCc3cnc(C(C)O)s3)cn2)c(C)c1. The van der Waals surface area contributed by atoms with Crippen LogP contribution in [0.2, 0.25) is 0 Å². The zero-order valence-electron chi connectivity index (χ0n) is 13.4. The third kappa shape index (κ3) is 3.60. The lowest BCUT2D eigenvalue weighted by Crippen LogP contribution is -1.98. The van der Waals surface area contributed by atoms with Gasteiger partial charge in [-0.15, -0.1) is 11.3 Å². The smallest absolute Gasteiger partial charge is 0.121 e. The highest BCUT2D eigenvalue weighted by atomic mass is 32.1. The summed E-state index contributed by atoms with van der Waals surface area (Å²) in [6, 6.07) is 6.32. The number of hydrogen-bond acceptors (Lipinski definition) is 5. The van der Waals surface area contributed by atoms with Gasteiger partial charge in [-0.1, -0.05) is 17.7 Å². The summed E-state index contributed by atoms with van der Waals surface area (Å²) in [4.78, 5) is 5.29. The van der Waals surface area contributed by atoms with Crippen LogP contribution in [0.1, 0.15) is 34.0 Å². The van der Waals surface area contributed by atoms with E-state index >= 15 is 0 Å². The summed E-state index contributed by atoms with van der Waals surface area (Å²) in [6.07, 6.45) is 5.08. The lowest BCUT2D eigenvalue weighted by molar-refractivity contribution is 0.199. The number of anilines is 1. The van der Waals surface area contributed by atoms with Crippen LogP contribution in [0.5, 0.6) is 0 Å². The molecule has 6 heteroatoms. The minimum Gasteiger partial charge on any atom is -0.386 e. The Morgan fingerprint density at radius 2 is 2.13 bits per heavy atom. The molecule has 0 saturated heterocycles. The van der Waals surface area contributed by atoms with Crippen molar-refractivity contribution in [3.8, 4) is 5.69 Å². The first-order valence-corrected chi connectivity index (χ1v) is 8.33. The van der Waals surface area contributed by atoms with E-state index in [1.165, 1.54) is 22.5 Å². The van der Waals surface area contributed by atoms with Crippen LogP contribution < -0.4 is 5.32 Å². The molecule has 1 atom stereocenters. The molecule has 5 nitrogen and oxygen atoms in total. The normalized spacial score (nSPS) is 12.3. The van der Waals surface area contributed by atoms with Crippen LogP contribution in [0.25, 0.3) is 5.69 Å². The molecule has 0 spiro atoms. The summed E-state index contributed by atoms with van der Waals surface area (Å²) in [5, 5.41) is 18.0. The molecule has 0 bridgehead atoms. The summed E-state index contributed by atoms with van der Waals surface area (Å²) >= 11 is 1.52. The highest BCUT2D eigenvalue weighted by molar-refractivity contribution is 7.11. The Morgan fingerprint density at radius 3 is 2.83 bits per heavy atom. The van der Waals surface area contributed by atoms with Crippen molar-refractivity contribution >= 4 is 17.0 Å². The van der Waals surface area contributed by atoms with Gasteiger partial charge in [0.25, 0.3) is 0 Å². The molecule has 2 aromatic heterocycles. The number of aromatic nitrogens is 3. The largest absolute Gasteiger partial charge is 0.386 e. The summed E-state index contributed by atoms with van der Waals surface area (Å²) in [5.41, 5.74) is 4.48. The van der Waals surface area contributed by atoms with E-state index in [4.69, 9.17) is 0 Å². The molecule has 120 valence electrons. The van der Waals surface area contributed by atoms with E-state index in [-0.39, 0.29) is 0 Å². The van der Waals surface area contributed by atoms with Gasteiger partial charge in [0.05, 0.1) is 30.3 Å². The minimum absolute atomic E-state index is 0.513. The zero-order chi connectivity index (χ0) is 16.4. The number of hydrogen-bond donors (Lipinski definition) is 2. The standard InChI is InChI=1S/C17H20N4OS/c1-11-4-5-16(12(2)6-11)21-10-14(7-20-21)18-8-15-9-19-17(23-15)13(3)22/h4-7,9-10,13,18,22H,8H2,1-3H3. The Balaban J connectivity index is 1.69. The van der Waals surface area contributed by atoms with E-state index in [9.17, 15) is 5.11 Å². The first-order valence-electron chi connectivity index (χ1n) is 7.52. The molecule has 23 heavy (non-hydrogen) atoms. The van der Waals surface area contributed by atoms with Gasteiger partial charge in [0.2, 0.25) is 0 Å². The number of nitrogens with one attached hydrogen (secondary N) is 1. The molecule has 1 unspecified atom stereocenters. The molecular formula is C17H20N4OS. The van der Waals surface area contributed by atoms with E-state index in [0.717, 1.165) is 21.3 Å². The Morgan fingerprint density at radius 1 is 1.30 bits per heavy atom. The van der Waals surface area contributed by atoms with Gasteiger partial charge in [0, 0.05) is 11.1 Å². The van der Waals surface area contributed by atoms with Gasteiger partial charge < -0.3 is 10.4 Å². The van der Waals surface area contributed by atoms with E-state index in [1.54, 1.807) is 13.1 Å². The Labute approximate surface area is 139 Å². The van der Waals surface area contributed by atoms with Crippen molar-refractivity contribution in [2.45, 2.75) is 33.4 Å². The van der Waals surface area contributed by atoms with E-state index in [1.807, 2.05) is 17.1 Å². The topological polar surface area (TPSA) is 63.0 Å². The summed E-state index contributed by atoms with van der Waals surface area (Å²) in [7, 11) is 0. The lowest BCUT2D eigenvalue weighted by Gasteiger charge is -2.06. The van der Waals surface area contributed by atoms with Crippen LogP contribution in [0.4, 0.5) is 5.69 Å². The summed E-state index contributed by atoms with van der Waals surface area (Å²) < 4.78 is 1.88. The van der Waals surface area contributed by atoms with Crippen LogP contribution >= 0.6 is 11.3 Å². The molecule has 3 aromatic rings. The Hall–Kier alpha value is -2.18. The molecule has 0 radical (unpaired) electrons. The van der Waals surface area contributed by atoms with Gasteiger partial charge in [-0.05, 0) is 32.4 Å². The van der Waals surface area contributed by atoms with Gasteiger partial charge in [-0.2, -0.15) is 5.10 Å². The van der Waals surface area contributed by atoms with Gasteiger partial charge in [-0.3, -0.25) is 0 Å². The van der Waals surface area contributed by atoms with Crippen LogP contribution in [0, 0.1) is 13.8 Å². The third-order valence-electron chi connectivity index (χ3n) is 3.58. The highest BCUT2D eigenvalue weighted by Crippen LogP contribution is 2.21. The zero-order valence-corrected chi connectivity index (χ0v) is 14.3. The van der Waals surface area contributed by atoms with Crippen molar-refractivity contribution in [3.63, 3.8) is 0 Å². The fourth-order valence-electron chi connectivity index (χ4n) is 2.39. The second kappa shape index (κ2) is 6.52. The molecule has 2 heterocycles. The van der Waals surface area contributed by atoms with Crippen molar-refractivity contribution in [2.24, 2.45) is 0 Å². The number of thiazole rings is 1. The fraction of sp³-hybridized carbons (Fsp3) is 0.294. The molecule has 3 rings (SSSR count). The summed E-state index contributed by atoms with van der Waals surface area (Å²) in [6.45, 7) is 6.57. The second-order valence-corrected chi connectivity index (χ2v) is 6.80. The van der Waals surface area contributed by atoms with Gasteiger partial charge in [0.15, 0.2) is 0 Å². The number of aryl methyl sites for hydroxylation is 2. The maximum atomic E-state index is 9.51. The number of benzene rings is 1. The van der Waals surface area contributed by atoms with E-state index in [2.05, 4.69) is 47.4 Å². The third-order valence-corrected chi connectivity index (χ3v) is 4.74. The van der Waals surface area contributed by atoms with Gasteiger partial charge in [-0.25, -0.2) is 9.67 Å².